The van der Waals surface area contributed by atoms with E-state index in [1.807, 2.05) is 36.1 Å². The zero-order chi connectivity index (χ0) is 13.7. The second-order valence-electron chi connectivity index (χ2n) is 5.26. The minimum Gasteiger partial charge on any atom is -0.376 e. The quantitative estimate of drug-likeness (QED) is 0.833. The molecular formula is C16H23NO2. The first-order valence-corrected chi connectivity index (χ1v) is 7.18. The Morgan fingerprint density at radius 3 is 3.05 bits per heavy atom. The minimum absolute atomic E-state index is 0.133. The number of carbonyl (C=O) groups excluding carboxylic acids is 1. The summed E-state index contributed by atoms with van der Waals surface area (Å²) in [7, 11) is 0. The Bertz CT molecular complexity index is 431. The van der Waals surface area contributed by atoms with Gasteiger partial charge in [-0.15, -0.1) is 0 Å². The maximum Gasteiger partial charge on any atom is 0.253 e. The fraction of sp³-hybridized carbons (Fsp3) is 0.562. The molecule has 1 heterocycles. The average molecular weight is 261 g/mol. The number of ether oxygens (including phenoxy) is 1. The van der Waals surface area contributed by atoms with Crippen molar-refractivity contribution in [1.29, 1.82) is 0 Å². The Kier molecular flexibility index (Phi) is 4.97. The lowest BCUT2D eigenvalue weighted by Gasteiger charge is -2.32. The summed E-state index contributed by atoms with van der Waals surface area (Å²) in [6.45, 7) is 6.49. The predicted octanol–water partition coefficient (Wildman–Crippen LogP) is 3.03. The molecule has 1 aliphatic rings. The molecular weight excluding hydrogens is 238 g/mol. The monoisotopic (exact) mass is 261 g/mol. The van der Waals surface area contributed by atoms with Crippen LogP contribution in [0.5, 0.6) is 0 Å². The van der Waals surface area contributed by atoms with Crippen LogP contribution in [0, 0.1) is 6.92 Å². The molecule has 1 amide bonds. The van der Waals surface area contributed by atoms with Crippen LogP contribution in [0.4, 0.5) is 0 Å². The first kappa shape index (κ1) is 14.1. The lowest BCUT2D eigenvalue weighted by Crippen LogP contribution is -2.43. The smallest absolute Gasteiger partial charge is 0.253 e. The highest BCUT2D eigenvalue weighted by molar-refractivity contribution is 5.94. The second kappa shape index (κ2) is 6.71. The van der Waals surface area contributed by atoms with Gasteiger partial charge in [0, 0.05) is 25.3 Å². The van der Waals surface area contributed by atoms with Gasteiger partial charge in [0.1, 0.15) is 0 Å². The van der Waals surface area contributed by atoms with Crippen molar-refractivity contribution < 1.29 is 9.53 Å². The summed E-state index contributed by atoms with van der Waals surface area (Å²) in [6.07, 6.45) is 3.34. The van der Waals surface area contributed by atoms with Crippen molar-refractivity contribution in [2.45, 2.75) is 39.2 Å². The van der Waals surface area contributed by atoms with E-state index in [-0.39, 0.29) is 12.0 Å². The van der Waals surface area contributed by atoms with Gasteiger partial charge in [-0.1, -0.05) is 24.6 Å². The molecule has 0 bridgehead atoms. The SMILES string of the molecule is CCCOC1CCCN(C(=O)c2cccc(C)c2)C1. The summed E-state index contributed by atoms with van der Waals surface area (Å²) in [5, 5.41) is 0. The van der Waals surface area contributed by atoms with E-state index < -0.39 is 0 Å². The number of benzene rings is 1. The van der Waals surface area contributed by atoms with Crippen molar-refractivity contribution in [2.75, 3.05) is 19.7 Å². The van der Waals surface area contributed by atoms with Gasteiger partial charge in [-0.25, -0.2) is 0 Å². The molecule has 1 aromatic rings. The van der Waals surface area contributed by atoms with Gasteiger partial charge in [-0.2, -0.15) is 0 Å². The number of amides is 1. The molecule has 3 heteroatoms. The lowest BCUT2D eigenvalue weighted by molar-refractivity contribution is 0.00211. The van der Waals surface area contributed by atoms with E-state index >= 15 is 0 Å². The molecule has 19 heavy (non-hydrogen) atoms. The van der Waals surface area contributed by atoms with Crippen molar-refractivity contribution in [3.8, 4) is 0 Å². The van der Waals surface area contributed by atoms with E-state index in [0.29, 0.717) is 0 Å². The fourth-order valence-electron chi connectivity index (χ4n) is 2.50. The van der Waals surface area contributed by atoms with Gasteiger partial charge in [-0.3, -0.25) is 4.79 Å². The van der Waals surface area contributed by atoms with Gasteiger partial charge in [0.2, 0.25) is 0 Å². The molecule has 1 aliphatic heterocycles. The van der Waals surface area contributed by atoms with Crippen LogP contribution in [-0.4, -0.2) is 36.6 Å². The number of nitrogens with zero attached hydrogens (tertiary/aromatic N) is 1. The van der Waals surface area contributed by atoms with Gasteiger partial charge < -0.3 is 9.64 Å². The zero-order valence-corrected chi connectivity index (χ0v) is 11.9. The van der Waals surface area contributed by atoms with E-state index in [0.717, 1.165) is 50.1 Å². The maximum atomic E-state index is 12.4. The number of hydrogen-bond acceptors (Lipinski definition) is 2. The predicted molar refractivity (Wildman–Crippen MR) is 76.3 cm³/mol. The summed E-state index contributed by atoms with van der Waals surface area (Å²) in [6, 6.07) is 7.81. The van der Waals surface area contributed by atoms with Gasteiger partial charge in [-0.05, 0) is 38.3 Å². The Morgan fingerprint density at radius 1 is 1.47 bits per heavy atom. The number of likely N-dealkylation sites (tertiary alicyclic amines) is 1. The second-order valence-corrected chi connectivity index (χ2v) is 5.26. The lowest BCUT2D eigenvalue weighted by atomic mass is 10.1. The Hall–Kier alpha value is -1.35. The van der Waals surface area contributed by atoms with Crippen LogP contribution in [0.25, 0.3) is 0 Å². The summed E-state index contributed by atoms with van der Waals surface area (Å²) in [4.78, 5) is 14.4. The van der Waals surface area contributed by atoms with E-state index in [2.05, 4.69) is 6.92 Å². The van der Waals surface area contributed by atoms with Crippen molar-refractivity contribution in [3.63, 3.8) is 0 Å². The highest BCUT2D eigenvalue weighted by atomic mass is 16.5. The summed E-state index contributed by atoms with van der Waals surface area (Å²) in [5.74, 6) is 0.133. The third-order valence-corrected chi connectivity index (χ3v) is 3.49. The fourth-order valence-corrected chi connectivity index (χ4v) is 2.50. The van der Waals surface area contributed by atoms with Crippen molar-refractivity contribution in [2.24, 2.45) is 0 Å². The highest BCUT2D eigenvalue weighted by Gasteiger charge is 2.24. The van der Waals surface area contributed by atoms with Gasteiger partial charge >= 0.3 is 0 Å². The highest BCUT2D eigenvalue weighted by Crippen LogP contribution is 2.17. The largest absolute Gasteiger partial charge is 0.376 e. The molecule has 2 rings (SSSR count). The van der Waals surface area contributed by atoms with Crippen LogP contribution in [0.1, 0.15) is 42.1 Å². The van der Waals surface area contributed by atoms with E-state index in [1.54, 1.807) is 0 Å². The van der Waals surface area contributed by atoms with E-state index in [4.69, 9.17) is 4.74 Å². The van der Waals surface area contributed by atoms with Gasteiger partial charge in [0.05, 0.1) is 6.10 Å². The van der Waals surface area contributed by atoms with E-state index in [1.165, 1.54) is 0 Å². The van der Waals surface area contributed by atoms with Gasteiger partial charge in [0.15, 0.2) is 0 Å². The van der Waals surface area contributed by atoms with Crippen molar-refractivity contribution in [1.82, 2.24) is 4.90 Å². The summed E-state index contributed by atoms with van der Waals surface area (Å²) in [5.41, 5.74) is 1.91. The molecule has 1 unspecified atom stereocenters. The van der Waals surface area contributed by atoms with Crippen LogP contribution in [-0.2, 0) is 4.74 Å². The Morgan fingerprint density at radius 2 is 2.32 bits per heavy atom. The van der Waals surface area contributed by atoms with Crippen LogP contribution in [0.3, 0.4) is 0 Å². The molecule has 1 fully saturated rings. The topological polar surface area (TPSA) is 29.5 Å². The molecule has 0 saturated carbocycles. The van der Waals surface area contributed by atoms with Gasteiger partial charge in [0.25, 0.3) is 5.91 Å². The molecule has 3 nitrogen and oxygen atoms in total. The first-order chi connectivity index (χ1) is 9.20. The molecule has 1 aromatic carbocycles. The Labute approximate surface area is 115 Å². The van der Waals surface area contributed by atoms with Crippen LogP contribution < -0.4 is 0 Å². The maximum absolute atomic E-state index is 12.4. The summed E-state index contributed by atoms with van der Waals surface area (Å²) < 4.78 is 5.78. The average Bonchev–Trinajstić information content (AvgIpc) is 2.44. The molecule has 1 atom stereocenters. The molecule has 104 valence electrons. The molecule has 0 spiro atoms. The standard InChI is InChI=1S/C16H23NO2/c1-3-10-19-15-8-5-9-17(12-15)16(18)14-7-4-6-13(2)11-14/h4,6-7,11,15H,3,5,8-10,12H2,1-2H3. The number of piperidine rings is 1. The van der Waals surface area contributed by atoms with Crippen LogP contribution >= 0.6 is 0 Å². The number of hydrogen-bond donors (Lipinski definition) is 0. The molecule has 0 aliphatic carbocycles. The third-order valence-electron chi connectivity index (χ3n) is 3.49. The van der Waals surface area contributed by atoms with Crippen LogP contribution in [0.2, 0.25) is 0 Å². The number of carbonyl (C=O) groups is 1. The third kappa shape index (κ3) is 3.80. The molecule has 0 N–H and O–H groups in total. The summed E-state index contributed by atoms with van der Waals surface area (Å²) >= 11 is 0. The molecule has 0 radical (unpaired) electrons. The van der Waals surface area contributed by atoms with E-state index in [9.17, 15) is 4.79 Å². The van der Waals surface area contributed by atoms with Crippen molar-refractivity contribution >= 4 is 5.91 Å². The Balaban J connectivity index is 1.99. The first-order valence-electron chi connectivity index (χ1n) is 7.18. The normalized spacial score (nSPS) is 19.5. The van der Waals surface area contributed by atoms with Crippen molar-refractivity contribution in [3.05, 3.63) is 35.4 Å². The number of rotatable bonds is 4. The molecule has 1 saturated heterocycles. The zero-order valence-electron chi connectivity index (χ0n) is 11.9. The number of aryl methyl sites for hydroxylation is 1. The van der Waals surface area contributed by atoms with Crippen LogP contribution in [0.15, 0.2) is 24.3 Å². The molecule has 0 aromatic heterocycles. The minimum atomic E-state index is 0.133.